The van der Waals surface area contributed by atoms with E-state index in [-0.39, 0.29) is 25.6 Å². The summed E-state index contributed by atoms with van der Waals surface area (Å²) in [5, 5.41) is 24.7. The average molecular weight is 756 g/mol. The first-order valence-electron chi connectivity index (χ1n) is 15.4. The number of rotatable bonds is 2. The van der Waals surface area contributed by atoms with Crippen LogP contribution >= 0.6 is 26.5 Å². The van der Waals surface area contributed by atoms with Gasteiger partial charge in [-0.05, 0) is 0 Å². The Morgan fingerprint density at radius 2 is 1.60 bits per heavy atom. The second kappa shape index (κ2) is 12.4. The third-order valence-corrected chi connectivity index (χ3v) is 11.7. The molecule has 0 radical (unpaired) electrons. The van der Waals surface area contributed by atoms with Crippen molar-refractivity contribution in [2.45, 2.75) is 62.2 Å². The predicted octanol–water partition coefficient (Wildman–Crippen LogP) is 0.555. The second-order valence-electron chi connectivity index (χ2n) is 12.0. The number of thiol groups is 1. The number of ether oxygens (including phenoxy) is 3. The van der Waals surface area contributed by atoms with Crippen LogP contribution in [0.3, 0.4) is 0 Å². The van der Waals surface area contributed by atoms with E-state index in [1.54, 1.807) is 0 Å². The van der Waals surface area contributed by atoms with Gasteiger partial charge < -0.3 is 33.7 Å². The zero-order valence-corrected chi connectivity index (χ0v) is 28.5. The Kier molecular flexibility index (Phi) is 8.18. The monoisotopic (exact) mass is 756 g/mol. The van der Waals surface area contributed by atoms with E-state index >= 15 is 4.39 Å². The number of aliphatic hydroxyl groups excluding tert-OH is 1. The molecule has 0 amide bonds. The average Bonchev–Trinajstić information content (AvgIpc) is 3.71. The third-order valence-electron chi connectivity index (χ3n) is 8.81. The number of nitrogens with one attached hydrogen (secondary N) is 2. The van der Waals surface area contributed by atoms with Crippen LogP contribution in [0.1, 0.15) is 23.8 Å². The zero-order chi connectivity index (χ0) is 34.4. The minimum atomic E-state index is -4.33. The fourth-order valence-electron chi connectivity index (χ4n) is 6.61. The van der Waals surface area contributed by atoms with Gasteiger partial charge in [-0.1, -0.05) is 12.2 Å². The highest BCUT2D eigenvalue weighted by Crippen LogP contribution is 2.58. The summed E-state index contributed by atoms with van der Waals surface area (Å²) in [5.74, 6) is 0.829. The summed E-state index contributed by atoms with van der Waals surface area (Å²) in [6, 6.07) is 0. The van der Waals surface area contributed by atoms with Crippen LogP contribution in [0.4, 0.5) is 16.0 Å². The number of halogens is 1. The van der Waals surface area contributed by atoms with Crippen molar-refractivity contribution in [3.8, 4) is 0 Å². The molecule has 9 rings (SSSR count). The van der Waals surface area contributed by atoms with Gasteiger partial charge in [-0.2, -0.15) is 10.2 Å². The summed E-state index contributed by atoms with van der Waals surface area (Å²) in [6.07, 6.45) is -8.65. The number of nitrogens with zero attached hydrogens (tertiary/aromatic N) is 8. The van der Waals surface area contributed by atoms with Gasteiger partial charge in [0.15, 0.2) is 35.7 Å². The largest absolute Gasteiger partial charge is 0.386 e. The number of aliphatic hydroxyl groups is 1. The molecule has 5 aliphatic heterocycles. The van der Waals surface area contributed by atoms with Gasteiger partial charge in [-0.15, -0.1) is 0 Å². The number of hydrogen-bond donors (Lipinski definition) is 4. The normalized spacial score (nSPS) is 37.5. The maximum atomic E-state index is 16.4. The van der Waals surface area contributed by atoms with Crippen molar-refractivity contribution < 1.29 is 55.8 Å². The van der Waals surface area contributed by atoms with Gasteiger partial charge in [-0.3, -0.25) is 18.5 Å². The Morgan fingerprint density at radius 3 is 2.42 bits per heavy atom. The summed E-state index contributed by atoms with van der Waals surface area (Å²) in [6.45, 7) is -4.84. The first kappa shape index (κ1) is 33.0. The standard InChI is InChI=1S/C24H28BFN10O11P2S/c25-48(38)42-4-12-18(16(37)24(45-12)36-21-13-9(32-36)1-2-41-34-20(13)28-7-30-21)47-49(39,50)43-5-11-17(46-48)15(26)23(44-11)35-22-14-10(33-35)3-40-8-31-19(14)27-6-29-22/h6-7,11-12,15-18,23-24,37H,1-5,8,25H2,(H,39,50)(H,27,29,31)(H,28,30,34)/t11-,12-,15?,16?,17?,18?,23-,24-,48?,49?/m1/s1. The van der Waals surface area contributed by atoms with Crippen LogP contribution in [0.5, 0.6) is 0 Å². The van der Waals surface area contributed by atoms with Crippen LogP contribution in [0.2, 0.25) is 0 Å². The van der Waals surface area contributed by atoms with Crippen LogP contribution in [0, 0.1) is 0 Å². The molecule has 3 N–H and O–H groups in total. The minimum Gasteiger partial charge on any atom is -0.385 e. The summed E-state index contributed by atoms with van der Waals surface area (Å²) >= 11 is 4.14. The minimum absolute atomic E-state index is 0.0982. The molecule has 6 unspecified atom stereocenters. The molecule has 26 heteroatoms. The molecule has 21 nitrogen and oxygen atoms in total. The Bertz CT molecular complexity index is 1940. The van der Waals surface area contributed by atoms with E-state index in [0.29, 0.717) is 45.9 Å². The van der Waals surface area contributed by atoms with E-state index in [4.69, 9.17) is 37.1 Å². The van der Waals surface area contributed by atoms with Gasteiger partial charge in [0.2, 0.25) is 0 Å². The van der Waals surface area contributed by atoms with Gasteiger partial charge in [-0.25, -0.2) is 43.7 Å². The molecule has 3 saturated heterocycles. The molecule has 266 valence electrons. The topological polar surface area (TPSA) is 239 Å². The van der Waals surface area contributed by atoms with Crippen LogP contribution in [0.15, 0.2) is 12.7 Å². The molecular weight excluding hydrogens is 728 g/mol. The van der Waals surface area contributed by atoms with Crippen LogP contribution in [-0.4, -0.2) is 115 Å². The first-order valence-corrected chi connectivity index (χ1v) is 20.1. The van der Waals surface area contributed by atoms with E-state index < -0.39 is 76.6 Å². The Balaban J connectivity index is 1.00. The molecule has 5 aliphatic rings. The molecule has 3 fully saturated rings. The molecule has 0 aliphatic carbocycles. The lowest BCUT2D eigenvalue weighted by Gasteiger charge is -2.29. The van der Waals surface area contributed by atoms with Crippen molar-refractivity contribution in [1.82, 2.24) is 39.5 Å². The quantitative estimate of drug-likeness (QED) is 0.124. The fraction of sp³-hybridized carbons (Fsp3) is 0.583. The van der Waals surface area contributed by atoms with Gasteiger partial charge in [0, 0.05) is 6.42 Å². The molecule has 4 aromatic rings. The van der Waals surface area contributed by atoms with E-state index in [0.717, 1.165) is 7.57 Å². The van der Waals surface area contributed by atoms with Gasteiger partial charge >= 0.3 is 6.80 Å². The van der Waals surface area contributed by atoms with E-state index in [9.17, 15) is 14.2 Å². The lowest BCUT2D eigenvalue weighted by molar-refractivity contribution is -0.0601. The summed E-state index contributed by atoms with van der Waals surface area (Å²) < 4.78 is 86.9. The summed E-state index contributed by atoms with van der Waals surface area (Å²) in [5.41, 5.74) is 4.35. The van der Waals surface area contributed by atoms with E-state index in [1.807, 2.05) is 0 Å². The SMILES string of the molecule is BP1(=O)OC[C@H]2O[C@@H](n3nc4c5c(ncnc53)NOCC4)C(O)C2OP(=O)(S)OC[C@H]2O[C@@H](n3nc4c5c(ncnc53)NCOC4)C(F)C2O1. The van der Waals surface area contributed by atoms with Crippen molar-refractivity contribution >= 4 is 67.8 Å². The Hall–Kier alpha value is -2.86. The molecule has 0 bridgehead atoms. The maximum absolute atomic E-state index is 16.4. The lowest BCUT2D eigenvalue weighted by Crippen LogP contribution is -2.38. The van der Waals surface area contributed by atoms with E-state index in [1.165, 1.54) is 22.0 Å². The number of aromatic nitrogens is 8. The number of hydrogen-bond acceptors (Lipinski definition) is 19. The fourth-order valence-corrected chi connectivity index (χ4v) is 9.28. The van der Waals surface area contributed by atoms with Crippen LogP contribution in [0.25, 0.3) is 22.1 Å². The maximum Gasteiger partial charge on any atom is 0.386 e. The zero-order valence-electron chi connectivity index (χ0n) is 25.8. The summed E-state index contributed by atoms with van der Waals surface area (Å²) in [4.78, 5) is 22.4. The molecule has 0 aromatic carbocycles. The van der Waals surface area contributed by atoms with Crippen LogP contribution < -0.4 is 10.8 Å². The van der Waals surface area contributed by atoms with Gasteiger partial charge in [0.25, 0.3) is 15.0 Å². The highest BCUT2D eigenvalue weighted by atomic mass is 32.7. The number of fused-ring (bicyclic) bond motifs is 2. The predicted molar refractivity (Wildman–Crippen MR) is 170 cm³/mol. The van der Waals surface area contributed by atoms with Crippen molar-refractivity contribution in [1.29, 1.82) is 0 Å². The van der Waals surface area contributed by atoms with Gasteiger partial charge in [0.05, 0.1) is 42.9 Å². The molecule has 0 saturated carbocycles. The van der Waals surface area contributed by atoms with Crippen molar-refractivity contribution in [3.05, 3.63) is 24.0 Å². The molecule has 0 spiro atoms. The molecule has 50 heavy (non-hydrogen) atoms. The Morgan fingerprint density at radius 1 is 0.920 bits per heavy atom. The van der Waals surface area contributed by atoms with Crippen LogP contribution in [-0.2, 0) is 59.3 Å². The molecule has 10 atom stereocenters. The van der Waals surface area contributed by atoms with E-state index in [2.05, 4.69) is 53.2 Å². The van der Waals surface area contributed by atoms with Crippen molar-refractivity contribution in [2.24, 2.45) is 0 Å². The smallest absolute Gasteiger partial charge is 0.385 e. The highest BCUT2D eigenvalue weighted by molar-refractivity contribution is 8.44. The van der Waals surface area contributed by atoms with Crippen molar-refractivity contribution in [3.63, 3.8) is 0 Å². The highest BCUT2D eigenvalue weighted by Gasteiger charge is 2.54. The summed E-state index contributed by atoms with van der Waals surface area (Å²) in [7, 11) is -2.92. The van der Waals surface area contributed by atoms with Crippen molar-refractivity contribution in [2.75, 3.05) is 37.3 Å². The van der Waals surface area contributed by atoms with Gasteiger partial charge in [0.1, 0.15) is 61.4 Å². The Labute approximate surface area is 286 Å². The number of alkyl halides is 1. The molecule has 9 heterocycles. The lowest BCUT2D eigenvalue weighted by atomic mass is 10.1. The number of anilines is 2. The molecule has 4 aromatic heterocycles. The third kappa shape index (κ3) is 5.62. The second-order valence-corrected chi connectivity index (χ2v) is 16.9. The first-order chi connectivity index (χ1) is 24.1. The molecular formula is C24H28BFN10O11P2S.